The first-order valence-electron chi connectivity index (χ1n) is 17.0. The quantitative estimate of drug-likeness (QED) is 0.207. The van der Waals surface area contributed by atoms with E-state index in [0.29, 0.717) is 0 Å². The number of hydrogen-bond acceptors (Lipinski definition) is 4. The van der Waals surface area contributed by atoms with Crippen LogP contribution in [0.5, 0.6) is 0 Å². The molecule has 0 spiro atoms. The van der Waals surface area contributed by atoms with Gasteiger partial charge in [0, 0.05) is 41.0 Å². The van der Waals surface area contributed by atoms with E-state index in [-0.39, 0.29) is 21.7 Å². The number of aryl methyl sites for hydroxylation is 8. The molecule has 4 aromatic rings. The first kappa shape index (κ1) is 41.7. The molecule has 0 unspecified atom stereocenters. The standard InChI is InChI=1S/C12H18.C10H18N2.C10H16N2.C9H16N2/c1-9-7-6-8-10(2)11(9)12(3,4)5;1-7-9(10(3,4)5)8(2)12(6)11-7;1-7-9(10(3,4)5)8(2)12-6-11-7;1-6-8(9(3,4)5)7(2)11-10-6/h6-8H,1-5H3;1-6H3;6H,1-5H3;1-5H3,(H,10,11). The van der Waals surface area contributed by atoms with Crippen molar-refractivity contribution in [3.8, 4) is 0 Å². The van der Waals surface area contributed by atoms with Gasteiger partial charge in [0.1, 0.15) is 6.33 Å². The van der Waals surface area contributed by atoms with Crippen LogP contribution in [0, 0.1) is 55.4 Å². The Morgan fingerprint density at radius 2 is 0.915 bits per heavy atom. The largest absolute Gasteiger partial charge is 0.282 e. The van der Waals surface area contributed by atoms with E-state index >= 15 is 0 Å². The fourth-order valence-corrected chi connectivity index (χ4v) is 7.19. The zero-order chi connectivity index (χ0) is 36.9. The van der Waals surface area contributed by atoms with Crippen molar-refractivity contribution in [1.29, 1.82) is 0 Å². The minimum atomic E-state index is 0.148. The van der Waals surface area contributed by atoms with Crippen molar-refractivity contribution in [2.45, 2.75) is 160 Å². The third-order valence-corrected chi connectivity index (χ3v) is 8.34. The third kappa shape index (κ3) is 11.7. The number of hydrogen-bond donors (Lipinski definition) is 1. The fourth-order valence-electron chi connectivity index (χ4n) is 7.19. The van der Waals surface area contributed by atoms with Crippen LogP contribution in [-0.2, 0) is 28.7 Å². The summed E-state index contributed by atoms with van der Waals surface area (Å²) in [5.41, 5.74) is 16.1. The average Bonchev–Trinajstić information content (AvgIpc) is 3.33. The molecule has 4 rings (SSSR count). The maximum absolute atomic E-state index is 4.39. The summed E-state index contributed by atoms with van der Waals surface area (Å²) in [6.07, 6.45) is 1.62. The van der Waals surface area contributed by atoms with Gasteiger partial charge in [0.15, 0.2) is 0 Å². The van der Waals surface area contributed by atoms with Crippen LogP contribution in [0.4, 0.5) is 0 Å². The normalized spacial score (nSPS) is 11.9. The minimum Gasteiger partial charge on any atom is -0.282 e. The summed E-state index contributed by atoms with van der Waals surface area (Å²) in [6.45, 7) is 43.4. The second-order valence-corrected chi connectivity index (χ2v) is 17.2. The molecular formula is C41H68N6. The molecule has 47 heavy (non-hydrogen) atoms. The predicted octanol–water partition coefficient (Wildman–Crippen LogP) is 10.7. The van der Waals surface area contributed by atoms with Gasteiger partial charge in [0.25, 0.3) is 0 Å². The Bertz CT molecular complexity index is 1470. The van der Waals surface area contributed by atoms with E-state index < -0.39 is 0 Å². The molecule has 3 heterocycles. The van der Waals surface area contributed by atoms with Crippen LogP contribution in [0.15, 0.2) is 24.5 Å². The van der Waals surface area contributed by atoms with Crippen LogP contribution in [0.1, 0.15) is 151 Å². The summed E-state index contributed by atoms with van der Waals surface area (Å²) in [7, 11) is 2.00. The van der Waals surface area contributed by atoms with Crippen molar-refractivity contribution in [1.82, 2.24) is 29.9 Å². The van der Waals surface area contributed by atoms with Crippen molar-refractivity contribution in [2.75, 3.05) is 0 Å². The molecule has 0 aliphatic carbocycles. The van der Waals surface area contributed by atoms with Gasteiger partial charge in [-0.3, -0.25) is 9.78 Å². The molecular weight excluding hydrogens is 576 g/mol. The molecule has 6 nitrogen and oxygen atoms in total. The summed E-state index contributed by atoms with van der Waals surface area (Å²) in [5, 5.41) is 11.5. The van der Waals surface area contributed by atoms with Gasteiger partial charge >= 0.3 is 0 Å². The molecule has 1 N–H and O–H groups in total. The number of nitrogens with zero attached hydrogens (tertiary/aromatic N) is 5. The number of benzene rings is 1. The summed E-state index contributed by atoms with van der Waals surface area (Å²) in [4.78, 5) is 8.39. The lowest BCUT2D eigenvalue weighted by molar-refractivity contribution is 0.572. The van der Waals surface area contributed by atoms with Crippen molar-refractivity contribution in [3.63, 3.8) is 0 Å². The molecule has 0 amide bonds. The van der Waals surface area contributed by atoms with Crippen LogP contribution in [0.25, 0.3) is 0 Å². The van der Waals surface area contributed by atoms with Crippen molar-refractivity contribution in [2.24, 2.45) is 7.05 Å². The SMILES string of the molecule is Cc1cccc(C)c1C(C)(C)C.Cc1n[nH]c(C)c1C(C)(C)C.Cc1ncnc(C)c1C(C)(C)C.Cc1nn(C)c(C)c1C(C)(C)C. The summed E-state index contributed by atoms with van der Waals surface area (Å²) >= 11 is 0. The summed E-state index contributed by atoms with van der Waals surface area (Å²) in [5.74, 6) is 0. The Labute approximate surface area is 288 Å². The van der Waals surface area contributed by atoms with Gasteiger partial charge in [-0.2, -0.15) is 10.2 Å². The van der Waals surface area contributed by atoms with Gasteiger partial charge in [-0.1, -0.05) is 101 Å². The Balaban J connectivity index is 0.000000314. The topological polar surface area (TPSA) is 72.3 Å². The van der Waals surface area contributed by atoms with Crippen molar-refractivity contribution >= 4 is 0 Å². The highest BCUT2D eigenvalue weighted by Gasteiger charge is 2.23. The Hall–Kier alpha value is -3.28. The second kappa shape index (κ2) is 15.7. The number of nitrogens with one attached hydrogen (secondary N) is 1. The molecule has 0 radical (unpaired) electrons. The van der Waals surface area contributed by atoms with Gasteiger partial charge in [-0.05, 0) is 99.3 Å². The summed E-state index contributed by atoms with van der Waals surface area (Å²) < 4.78 is 1.95. The minimum absolute atomic E-state index is 0.148. The fraction of sp³-hybridized carbons (Fsp3) is 0.610. The molecule has 0 fully saturated rings. The lowest BCUT2D eigenvalue weighted by atomic mass is 9.81. The highest BCUT2D eigenvalue weighted by atomic mass is 15.3. The lowest BCUT2D eigenvalue weighted by Crippen LogP contribution is -2.16. The van der Waals surface area contributed by atoms with E-state index in [4.69, 9.17) is 0 Å². The molecule has 0 saturated heterocycles. The number of aromatic amines is 1. The van der Waals surface area contributed by atoms with E-state index in [0.717, 1.165) is 22.8 Å². The van der Waals surface area contributed by atoms with Crippen LogP contribution in [0.2, 0.25) is 0 Å². The van der Waals surface area contributed by atoms with Gasteiger partial charge in [0.05, 0.1) is 11.4 Å². The van der Waals surface area contributed by atoms with Crippen LogP contribution in [-0.4, -0.2) is 29.9 Å². The molecule has 1 aromatic carbocycles. The molecule has 0 bridgehead atoms. The Morgan fingerprint density at radius 1 is 0.511 bits per heavy atom. The predicted molar refractivity (Wildman–Crippen MR) is 203 cm³/mol. The van der Waals surface area contributed by atoms with E-state index in [2.05, 4.69) is 161 Å². The first-order chi connectivity index (χ1) is 21.1. The molecule has 0 atom stereocenters. The van der Waals surface area contributed by atoms with Gasteiger partial charge in [-0.15, -0.1) is 0 Å². The molecule has 6 heteroatoms. The average molecular weight is 645 g/mol. The third-order valence-electron chi connectivity index (χ3n) is 8.34. The van der Waals surface area contributed by atoms with Crippen molar-refractivity contribution < 1.29 is 0 Å². The molecule has 3 aromatic heterocycles. The maximum Gasteiger partial charge on any atom is 0.115 e. The molecule has 0 saturated carbocycles. The van der Waals surface area contributed by atoms with Gasteiger partial charge < -0.3 is 0 Å². The molecule has 0 aliphatic rings. The van der Waals surface area contributed by atoms with Crippen molar-refractivity contribution in [3.05, 3.63) is 92.1 Å². The van der Waals surface area contributed by atoms with E-state index in [1.54, 1.807) is 6.33 Å². The Kier molecular flexibility index (Phi) is 14.0. The van der Waals surface area contributed by atoms with E-state index in [1.807, 2.05) is 32.5 Å². The van der Waals surface area contributed by atoms with E-state index in [9.17, 15) is 0 Å². The highest BCUT2D eigenvalue weighted by Crippen LogP contribution is 2.30. The van der Waals surface area contributed by atoms with Crippen LogP contribution in [0.3, 0.4) is 0 Å². The zero-order valence-electron chi connectivity index (χ0n) is 34.0. The lowest BCUT2D eigenvalue weighted by Gasteiger charge is -2.23. The van der Waals surface area contributed by atoms with Crippen LogP contribution >= 0.6 is 0 Å². The smallest absolute Gasteiger partial charge is 0.115 e. The summed E-state index contributed by atoms with van der Waals surface area (Å²) in [6, 6.07) is 6.50. The molecule has 0 aliphatic heterocycles. The van der Waals surface area contributed by atoms with E-state index in [1.165, 1.54) is 44.8 Å². The van der Waals surface area contributed by atoms with Gasteiger partial charge in [-0.25, -0.2) is 9.97 Å². The first-order valence-corrected chi connectivity index (χ1v) is 17.0. The molecule has 262 valence electrons. The number of aromatic nitrogens is 6. The zero-order valence-corrected chi connectivity index (χ0v) is 34.0. The second-order valence-electron chi connectivity index (χ2n) is 17.2. The monoisotopic (exact) mass is 645 g/mol. The highest BCUT2D eigenvalue weighted by molar-refractivity contribution is 5.38. The van der Waals surface area contributed by atoms with Gasteiger partial charge in [0.2, 0.25) is 0 Å². The Morgan fingerprint density at radius 3 is 1.13 bits per heavy atom. The number of H-pyrrole nitrogens is 1. The maximum atomic E-state index is 4.39. The number of rotatable bonds is 0. The van der Waals surface area contributed by atoms with Crippen LogP contribution < -0.4 is 0 Å².